The van der Waals surface area contributed by atoms with Gasteiger partial charge in [0.1, 0.15) is 0 Å². The van der Waals surface area contributed by atoms with Crippen LogP contribution in [0.3, 0.4) is 0 Å². The fourth-order valence-corrected chi connectivity index (χ4v) is 4.64. The summed E-state index contributed by atoms with van der Waals surface area (Å²) < 4.78 is 0. The zero-order valence-electron chi connectivity index (χ0n) is 19.9. The van der Waals surface area contributed by atoms with Crippen molar-refractivity contribution >= 4 is 34.4 Å². The molecule has 1 aliphatic heterocycles. The maximum atomic E-state index is 12.7. The number of amides is 2. The van der Waals surface area contributed by atoms with Gasteiger partial charge in [0, 0.05) is 11.7 Å². The number of rotatable bonds is 14. The molecule has 1 aliphatic rings. The maximum absolute atomic E-state index is 12.7. The molecule has 1 aromatic carbocycles. The Morgan fingerprint density at radius 1 is 0.906 bits per heavy atom. The van der Waals surface area contributed by atoms with Gasteiger partial charge < -0.3 is 16.0 Å². The minimum absolute atomic E-state index is 0.0374. The van der Waals surface area contributed by atoms with Crippen LogP contribution in [0.4, 0.5) is 5.69 Å². The Morgan fingerprint density at radius 2 is 1.53 bits per heavy atom. The molecule has 0 saturated heterocycles. The van der Waals surface area contributed by atoms with Gasteiger partial charge >= 0.3 is 0 Å². The highest BCUT2D eigenvalue weighted by Gasteiger charge is 2.24. The number of carbonyl (C=O) groups is 2. The Labute approximate surface area is 197 Å². The number of nitrogens with one attached hydrogen (secondary N) is 3. The van der Waals surface area contributed by atoms with Crippen LogP contribution in [-0.4, -0.2) is 41.9 Å². The molecule has 0 spiro atoms. The predicted molar refractivity (Wildman–Crippen MR) is 137 cm³/mol. The normalized spacial score (nSPS) is 17.8. The Morgan fingerprint density at radius 3 is 2.16 bits per heavy atom. The number of anilines is 1. The van der Waals surface area contributed by atoms with Crippen molar-refractivity contribution in [3.63, 3.8) is 0 Å². The second kappa shape index (κ2) is 15.1. The molecule has 2 atom stereocenters. The monoisotopic (exact) mass is 460 g/mol. The number of nitrogens with zero attached hydrogens (tertiary/aromatic N) is 1. The van der Waals surface area contributed by atoms with E-state index in [-0.39, 0.29) is 17.9 Å². The minimum Gasteiger partial charge on any atom is -0.325 e. The van der Waals surface area contributed by atoms with Gasteiger partial charge in [-0.05, 0) is 45.5 Å². The first-order valence-corrected chi connectivity index (χ1v) is 13.0. The van der Waals surface area contributed by atoms with Crippen LogP contribution in [0.25, 0.3) is 0 Å². The smallest absolute Gasteiger partial charge is 0.259 e. The SMILES string of the molecule is CNCCCCCCCCCCCC(=O)Nc1ccccc1C(=O)NC1=NC(C)C(C)S1. The Kier molecular flexibility index (Phi) is 12.4. The van der Waals surface area contributed by atoms with Crippen LogP contribution in [0, 0.1) is 0 Å². The number of benzene rings is 1. The highest BCUT2D eigenvalue weighted by Crippen LogP contribution is 2.25. The van der Waals surface area contributed by atoms with Crippen LogP contribution in [0.2, 0.25) is 0 Å². The molecule has 178 valence electrons. The summed E-state index contributed by atoms with van der Waals surface area (Å²) in [5.74, 6) is -0.274. The summed E-state index contributed by atoms with van der Waals surface area (Å²) in [5.41, 5.74) is 1.02. The number of hydrogen-bond donors (Lipinski definition) is 3. The molecule has 0 radical (unpaired) electrons. The number of carbonyl (C=O) groups excluding carboxylic acids is 2. The van der Waals surface area contributed by atoms with Crippen LogP contribution < -0.4 is 16.0 Å². The summed E-state index contributed by atoms with van der Waals surface area (Å²) in [6.07, 6.45) is 11.4. The molecule has 0 bridgehead atoms. The van der Waals surface area contributed by atoms with Gasteiger partial charge in [0.15, 0.2) is 5.17 Å². The Balaban J connectivity index is 1.65. The summed E-state index contributed by atoms with van der Waals surface area (Å²) in [5, 5.41) is 9.98. The molecule has 2 unspecified atom stereocenters. The zero-order valence-corrected chi connectivity index (χ0v) is 20.7. The van der Waals surface area contributed by atoms with Crippen LogP contribution in [0.1, 0.15) is 88.4 Å². The standard InChI is InChI=1S/C25H40N4O2S/c1-19-20(2)32-25(27-19)29-24(31)21-15-12-13-16-22(21)28-23(30)17-11-9-7-5-4-6-8-10-14-18-26-3/h12-13,15-16,19-20,26H,4-11,14,17-18H2,1-3H3,(H,28,30)(H,27,29,31). The molecule has 0 fully saturated rings. The van der Waals surface area contributed by atoms with E-state index in [9.17, 15) is 9.59 Å². The van der Waals surface area contributed by atoms with E-state index in [1.165, 1.54) is 44.9 Å². The molecule has 0 aromatic heterocycles. The number of thioether (sulfide) groups is 1. The molecule has 1 heterocycles. The maximum Gasteiger partial charge on any atom is 0.259 e. The molecule has 32 heavy (non-hydrogen) atoms. The number of amidine groups is 1. The van der Waals surface area contributed by atoms with Crippen molar-refractivity contribution in [1.29, 1.82) is 0 Å². The quantitative estimate of drug-likeness (QED) is 0.327. The lowest BCUT2D eigenvalue weighted by atomic mass is 10.1. The highest BCUT2D eigenvalue weighted by molar-refractivity contribution is 8.14. The van der Waals surface area contributed by atoms with Gasteiger partial charge in [-0.25, -0.2) is 0 Å². The van der Waals surface area contributed by atoms with Gasteiger partial charge in [0.25, 0.3) is 5.91 Å². The summed E-state index contributed by atoms with van der Waals surface area (Å²) in [4.78, 5) is 29.6. The molecule has 3 N–H and O–H groups in total. The first-order chi connectivity index (χ1) is 15.5. The van der Waals surface area contributed by atoms with Crippen LogP contribution in [-0.2, 0) is 4.79 Å². The van der Waals surface area contributed by atoms with Crippen LogP contribution >= 0.6 is 11.8 Å². The van der Waals surface area contributed by atoms with Crippen LogP contribution in [0.5, 0.6) is 0 Å². The van der Waals surface area contributed by atoms with E-state index < -0.39 is 0 Å². The Hall–Kier alpha value is -1.86. The summed E-state index contributed by atoms with van der Waals surface area (Å²) >= 11 is 1.57. The molecule has 0 aliphatic carbocycles. The number of aliphatic imine (C=N–C) groups is 1. The van der Waals surface area contributed by atoms with E-state index in [0.717, 1.165) is 19.4 Å². The van der Waals surface area contributed by atoms with E-state index in [4.69, 9.17) is 0 Å². The average molecular weight is 461 g/mol. The van der Waals surface area contributed by atoms with Gasteiger partial charge in [0.05, 0.1) is 17.3 Å². The lowest BCUT2D eigenvalue weighted by Crippen LogP contribution is -2.28. The lowest BCUT2D eigenvalue weighted by Gasteiger charge is -2.11. The molecule has 7 heteroatoms. The van der Waals surface area contributed by atoms with E-state index in [2.05, 4.69) is 27.9 Å². The van der Waals surface area contributed by atoms with E-state index in [0.29, 0.717) is 28.1 Å². The first kappa shape index (κ1) is 26.4. The fourth-order valence-electron chi connectivity index (χ4n) is 3.65. The van der Waals surface area contributed by atoms with Gasteiger partial charge in [-0.1, -0.05) is 75.8 Å². The third-order valence-corrected chi connectivity index (χ3v) is 6.99. The first-order valence-electron chi connectivity index (χ1n) is 12.1. The van der Waals surface area contributed by atoms with Crippen molar-refractivity contribution in [2.75, 3.05) is 18.9 Å². The van der Waals surface area contributed by atoms with Crippen molar-refractivity contribution in [3.8, 4) is 0 Å². The predicted octanol–water partition coefficient (Wildman–Crippen LogP) is 5.36. The Bertz CT molecular complexity index is 753. The average Bonchev–Trinajstić information content (AvgIpc) is 3.09. The van der Waals surface area contributed by atoms with Crippen molar-refractivity contribution in [2.45, 2.75) is 89.3 Å². The van der Waals surface area contributed by atoms with Gasteiger partial charge in [-0.3, -0.25) is 14.6 Å². The summed E-state index contributed by atoms with van der Waals surface area (Å²) in [6, 6.07) is 7.33. The highest BCUT2D eigenvalue weighted by atomic mass is 32.2. The van der Waals surface area contributed by atoms with Crippen molar-refractivity contribution in [1.82, 2.24) is 10.6 Å². The molecular weight excluding hydrogens is 420 g/mol. The second-order valence-corrected chi connectivity index (χ2v) is 9.95. The van der Waals surface area contributed by atoms with Crippen molar-refractivity contribution in [3.05, 3.63) is 29.8 Å². The third-order valence-electron chi connectivity index (χ3n) is 5.79. The summed E-state index contributed by atoms with van der Waals surface area (Å²) in [7, 11) is 2.00. The molecule has 1 aromatic rings. The summed E-state index contributed by atoms with van der Waals surface area (Å²) in [6.45, 7) is 5.25. The molecule has 6 nitrogen and oxygen atoms in total. The van der Waals surface area contributed by atoms with Crippen molar-refractivity contribution in [2.24, 2.45) is 4.99 Å². The zero-order chi connectivity index (χ0) is 23.2. The number of para-hydroxylation sites is 1. The lowest BCUT2D eigenvalue weighted by molar-refractivity contribution is -0.116. The van der Waals surface area contributed by atoms with Crippen molar-refractivity contribution < 1.29 is 9.59 Å². The third kappa shape index (κ3) is 9.74. The molecule has 2 amide bonds. The van der Waals surface area contributed by atoms with Crippen LogP contribution in [0.15, 0.2) is 29.3 Å². The van der Waals surface area contributed by atoms with E-state index >= 15 is 0 Å². The number of unbranched alkanes of at least 4 members (excludes halogenated alkanes) is 8. The van der Waals surface area contributed by atoms with Gasteiger partial charge in [-0.15, -0.1) is 0 Å². The van der Waals surface area contributed by atoms with Gasteiger partial charge in [0.2, 0.25) is 5.91 Å². The van der Waals surface area contributed by atoms with Gasteiger partial charge in [-0.2, -0.15) is 0 Å². The molecule has 2 rings (SSSR count). The second-order valence-electron chi connectivity index (χ2n) is 8.58. The fraction of sp³-hybridized carbons (Fsp3) is 0.640. The molecular formula is C25H40N4O2S. The number of hydrogen-bond acceptors (Lipinski definition) is 5. The topological polar surface area (TPSA) is 82.6 Å². The van der Waals surface area contributed by atoms with E-state index in [1.54, 1.807) is 30.0 Å². The minimum atomic E-state index is -0.237. The largest absolute Gasteiger partial charge is 0.325 e. The molecule has 0 saturated carbocycles. The van der Waals surface area contributed by atoms with E-state index in [1.807, 2.05) is 20.0 Å².